The number of hydrogen-bond donors (Lipinski definition) is 3. The summed E-state index contributed by atoms with van der Waals surface area (Å²) in [6.07, 6.45) is -3.06. The molecule has 2 aromatic carbocycles. The molecule has 2 aliphatic heterocycles. The molecule has 0 bridgehead atoms. The Morgan fingerprint density at radius 2 is 1.82 bits per heavy atom. The Kier molecular flexibility index (Phi) is 8.31. The van der Waals surface area contributed by atoms with Crippen LogP contribution in [0.15, 0.2) is 42.5 Å². The lowest BCUT2D eigenvalue weighted by Crippen LogP contribution is -2.41. The van der Waals surface area contributed by atoms with E-state index in [2.05, 4.69) is 21.9 Å². The van der Waals surface area contributed by atoms with Crippen LogP contribution < -0.4 is 5.14 Å². The summed E-state index contributed by atoms with van der Waals surface area (Å²) in [6.45, 7) is 4.40. The van der Waals surface area contributed by atoms with Gasteiger partial charge in [-0.3, -0.25) is 4.68 Å². The highest BCUT2D eigenvalue weighted by Crippen LogP contribution is 2.37. The Labute approximate surface area is 258 Å². The summed E-state index contributed by atoms with van der Waals surface area (Å²) in [4.78, 5) is 5.70. The molecule has 1 unspecified atom stereocenters. The van der Waals surface area contributed by atoms with Crippen molar-refractivity contribution in [1.29, 1.82) is 0 Å². The van der Waals surface area contributed by atoms with Gasteiger partial charge in [0.25, 0.3) is 10.2 Å². The molecule has 0 saturated carbocycles. The highest BCUT2D eigenvalue weighted by molar-refractivity contribution is 7.86. The van der Waals surface area contributed by atoms with E-state index < -0.39 is 28.1 Å². The number of aromatic nitrogens is 3. The number of nitrogens with one attached hydrogen (secondary N) is 1. The molecule has 1 saturated heterocycles. The number of hydrogen-bond acceptors (Lipinski definition) is 5. The number of piperidine rings is 1. The second kappa shape index (κ2) is 11.8. The molecule has 0 amide bonds. The molecule has 0 radical (unpaired) electrons. The van der Waals surface area contributed by atoms with Crippen LogP contribution in [0.3, 0.4) is 0 Å². The van der Waals surface area contributed by atoms with Crippen molar-refractivity contribution in [3.05, 3.63) is 75.6 Å². The maximum Gasteiger partial charge on any atom is 0.416 e. The smallest absolute Gasteiger partial charge is 0.390 e. The zero-order valence-corrected chi connectivity index (χ0v) is 25.7. The maximum absolute atomic E-state index is 13.2. The van der Waals surface area contributed by atoms with Crippen LogP contribution in [0.5, 0.6) is 0 Å². The molecule has 9 nitrogen and oxygen atoms in total. The highest BCUT2D eigenvalue weighted by Gasteiger charge is 2.33. The van der Waals surface area contributed by atoms with Gasteiger partial charge in [-0.25, -0.2) is 5.14 Å². The molecule has 236 valence electrons. The molecule has 6 rings (SSSR count). The fourth-order valence-electron chi connectivity index (χ4n) is 6.69. The zero-order chi connectivity index (χ0) is 31.4. The van der Waals surface area contributed by atoms with Gasteiger partial charge < -0.3 is 15.0 Å². The highest BCUT2D eigenvalue weighted by atomic mass is 35.5. The molecule has 4 heterocycles. The molecule has 2 aromatic heterocycles. The zero-order valence-electron chi connectivity index (χ0n) is 24.1. The minimum absolute atomic E-state index is 0.0490. The summed E-state index contributed by atoms with van der Waals surface area (Å²) in [7, 11) is -3.98. The second-order valence-corrected chi connectivity index (χ2v) is 13.7. The Balaban J connectivity index is 1.17. The van der Waals surface area contributed by atoms with Crippen LogP contribution in [0.25, 0.3) is 22.2 Å². The molecule has 1 atom stereocenters. The normalized spacial score (nSPS) is 18.2. The molecule has 4 aromatic rings. The van der Waals surface area contributed by atoms with E-state index in [1.54, 1.807) is 4.68 Å². The van der Waals surface area contributed by atoms with Crippen LogP contribution in [0.4, 0.5) is 13.2 Å². The van der Waals surface area contributed by atoms with Gasteiger partial charge in [-0.1, -0.05) is 23.7 Å². The summed E-state index contributed by atoms with van der Waals surface area (Å²) in [5.41, 5.74) is 4.86. The number of likely N-dealkylation sites (tertiary alicyclic amines) is 1. The first-order valence-corrected chi connectivity index (χ1v) is 16.4. The van der Waals surface area contributed by atoms with Crippen molar-refractivity contribution in [2.45, 2.75) is 57.5 Å². The van der Waals surface area contributed by atoms with Gasteiger partial charge in [0.05, 0.1) is 23.9 Å². The van der Waals surface area contributed by atoms with Gasteiger partial charge in [-0.2, -0.15) is 31.0 Å². The van der Waals surface area contributed by atoms with Gasteiger partial charge >= 0.3 is 6.18 Å². The third-order valence-corrected chi connectivity index (χ3v) is 10.1. The number of aryl methyl sites for hydroxylation is 1. The number of aromatic amines is 1. The number of aliphatic hydroxyl groups excluding tert-OH is 1. The molecular weight excluding hydrogens is 617 g/mol. The van der Waals surface area contributed by atoms with Crippen LogP contribution >= 0.6 is 11.6 Å². The molecule has 0 spiro atoms. The fourth-order valence-corrected chi connectivity index (χ4v) is 7.52. The Morgan fingerprint density at radius 1 is 1.11 bits per heavy atom. The van der Waals surface area contributed by atoms with Crippen molar-refractivity contribution in [3.63, 3.8) is 0 Å². The van der Waals surface area contributed by atoms with Crippen molar-refractivity contribution >= 4 is 32.7 Å². The van der Waals surface area contributed by atoms with Crippen LogP contribution in [0, 0.1) is 6.92 Å². The quantitative estimate of drug-likeness (QED) is 0.265. The number of aliphatic hydroxyl groups is 1. The number of H-pyrrole nitrogens is 1. The first kappa shape index (κ1) is 31.1. The number of rotatable bonds is 7. The van der Waals surface area contributed by atoms with E-state index in [1.165, 1.54) is 17.7 Å². The maximum atomic E-state index is 13.2. The van der Waals surface area contributed by atoms with Gasteiger partial charge in [0.2, 0.25) is 0 Å². The lowest BCUT2D eigenvalue weighted by atomic mass is 9.87. The molecule has 2 aliphatic rings. The van der Waals surface area contributed by atoms with Gasteiger partial charge in [0.15, 0.2) is 0 Å². The van der Waals surface area contributed by atoms with E-state index in [9.17, 15) is 26.7 Å². The summed E-state index contributed by atoms with van der Waals surface area (Å²) in [6, 6.07) is 10.5. The predicted molar refractivity (Wildman–Crippen MR) is 162 cm³/mol. The van der Waals surface area contributed by atoms with Gasteiger partial charge in [0, 0.05) is 64.5 Å². The summed E-state index contributed by atoms with van der Waals surface area (Å²) >= 11 is 6.28. The van der Waals surface area contributed by atoms with E-state index >= 15 is 0 Å². The first-order chi connectivity index (χ1) is 20.8. The standard InChI is InChI=1S/C30H34ClF3N6O3S/c1-18-28(24-14-22(31)6-7-26(24)36-18)19-8-11-38(12-9-19)15-23(41)16-40-27-10-13-39(44(35,42)43)17-25(27)29(37-40)20-2-4-21(5-3-20)30(32,33)34/h2-7,14,19,23,36,41H,8-13,15-17H2,1H3,(H2,35,42,43). The Bertz CT molecular complexity index is 1780. The predicted octanol–water partition coefficient (Wildman–Crippen LogP) is 4.81. The molecular formula is C30H34ClF3N6O3S. The third kappa shape index (κ3) is 6.26. The number of β-amino-alcohol motifs (C(OH)–C–C–N with tert-alkyl or cyclic N) is 1. The van der Waals surface area contributed by atoms with Crippen molar-refractivity contribution in [2.75, 3.05) is 26.2 Å². The number of fused-ring (bicyclic) bond motifs is 2. The van der Waals surface area contributed by atoms with E-state index in [0.29, 0.717) is 40.7 Å². The van der Waals surface area contributed by atoms with Crippen molar-refractivity contribution in [3.8, 4) is 11.3 Å². The minimum atomic E-state index is -4.48. The van der Waals surface area contributed by atoms with Crippen LogP contribution in [0.2, 0.25) is 5.02 Å². The topological polar surface area (TPSA) is 120 Å². The lowest BCUT2D eigenvalue weighted by molar-refractivity contribution is -0.137. The number of nitrogens with two attached hydrogens (primary N) is 1. The average Bonchev–Trinajstić information content (AvgIpc) is 3.48. The van der Waals surface area contributed by atoms with Crippen LogP contribution in [-0.2, 0) is 35.9 Å². The number of halogens is 4. The summed E-state index contributed by atoms with van der Waals surface area (Å²) in [5.74, 6) is 0.377. The van der Waals surface area contributed by atoms with Crippen molar-refractivity contribution < 1.29 is 26.7 Å². The van der Waals surface area contributed by atoms with Gasteiger partial charge in [-0.15, -0.1) is 0 Å². The van der Waals surface area contributed by atoms with Crippen LogP contribution in [0.1, 0.15) is 46.8 Å². The van der Waals surface area contributed by atoms with E-state index in [0.717, 1.165) is 64.7 Å². The molecule has 14 heteroatoms. The molecule has 1 fully saturated rings. The number of nitrogens with zero attached hydrogens (tertiary/aromatic N) is 4. The monoisotopic (exact) mass is 650 g/mol. The largest absolute Gasteiger partial charge is 0.416 e. The van der Waals surface area contributed by atoms with Gasteiger partial charge in [0.1, 0.15) is 0 Å². The van der Waals surface area contributed by atoms with E-state index in [4.69, 9.17) is 16.7 Å². The lowest BCUT2D eigenvalue weighted by Gasteiger charge is -2.33. The second-order valence-electron chi connectivity index (χ2n) is 11.7. The first-order valence-electron chi connectivity index (χ1n) is 14.5. The number of alkyl halides is 3. The minimum Gasteiger partial charge on any atom is -0.390 e. The van der Waals surface area contributed by atoms with Crippen LogP contribution in [-0.4, -0.2) is 69.8 Å². The summed E-state index contributed by atoms with van der Waals surface area (Å²) < 4.78 is 66.5. The molecule has 0 aliphatic carbocycles. The summed E-state index contributed by atoms with van der Waals surface area (Å²) in [5, 5.41) is 23.1. The molecule has 4 N–H and O–H groups in total. The van der Waals surface area contributed by atoms with E-state index in [1.807, 2.05) is 18.2 Å². The van der Waals surface area contributed by atoms with Crippen molar-refractivity contribution in [1.82, 2.24) is 24.0 Å². The Morgan fingerprint density at radius 3 is 2.48 bits per heavy atom. The Hall–Kier alpha value is -2.94. The average molecular weight is 651 g/mol. The molecule has 44 heavy (non-hydrogen) atoms. The fraction of sp³-hybridized carbons (Fsp3) is 0.433. The number of benzene rings is 2. The van der Waals surface area contributed by atoms with Crippen molar-refractivity contribution in [2.24, 2.45) is 5.14 Å². The third-order valence-electron chi connectivity index (χ3n) is 8.79. The SMILES string of the molecule is Cc1[nH]c2ccc(Cl)cc2c1C1CCN(CC(O)Cn2nc(-c3ccc(C(F)(F)F)cc3)c3c2CCN(S(N)(=O)=O)C3)CC1. The van der Waals surface area contributed by atoms with Gasteiger partial charge in [-0.05, 0) is 74.7 Å². The van der Waals surface area contributed by atoms with E-state index in [-0.39, 0.29) is 19.6 Å².